The van der Waals surface area contributed by atoms with Gasteiger partial charge in [0.15, 0.2) is 0 Å². The Labute approximate surface area is 72.4 Å². The molecule has 1 atom stereocenters. The minimum absolute atomic E-state index is 0.222. The number of nitrogens with two attached hydrogens (primary N) is 1. The van der Waals surface area contributed by atoms with Crippen LogP contribution >= 0.6 is 0 Å². The summed E-state index contributed by atoms with van der Waals surface area (Å²) in [4.78, 5) is 4.04. The molecule has 0 aliphatic carbocycles. The Hall–Kier alpha value is -0.970. The van der Waals surface area contributed by atoms with Crippen molar-refractivity contribution in [1.82, 2.24) is 9.80 Å². The van der Waals surface area contributed by atoms with Crippen LogP contribution < -0.4 is 5.73 Å². The van der Waals surface area contributed by atoms with Gasteiger partial charge in [-0.15, -0.1) is 0 Å². The van der Waals surface area contributed by atoms with Gasteiger partial charge in [-0.05, 0) is 20.5 Å². The third-order valence-electron chi connectivity index (χ3n) is 2.32. The molecule has 0 amide bonds. The van der Waals surface area contributed by atoms with Crippen molar-refractivity contribution in [2.45, 2.75) is 12.5 Å². The molecule has 1 unspecified atom stereocenters. The number of likely N-dealkylation sites (tertiary alicyclic amines) is 1. The highest BCUT2D eigenvalue weighted by Crippen LogP contribution is 2.12. The van der Waals surface area contributed by atoms with Gasteiger partial charge < -0.3 is 20.7 Å². The summed E-state index contributed by atoms with van der Waals surface area (Å²) in [5, 5.41) is 11.4. The minimum atomic E-state index is 0.222. The van der Waals surface area contributed by atoms with Gasteiger partial charge in [-0.25, -0.2) is 0 Å². The first-order chi connectivity index (χ1) is 5.65. The van der Waals surface area contributed by atoms with Crippen LogP contribution in [0.1, 0.15) is 6.42 Å². The molecule has 1 fully saturated rings. The Kier molecular flexibility index (Phi) is 2.75. The van der Waals surface area contributed by atoms with Crippen LogP contribution in [-0.4, -0.2) is 54.2 Å². The molecule has 0 aromatic heterocycles. The molecule has 70 valence electrons. The van der Waals surface area contributed by atoms with Crippen LogP contribution in [0.3, 0.4) is 0 Å². The van der Waals surface area contributed by atoms with Crippen molar-refractivity contribution < 1.29 is 5.21 Å². The average Bonchev–Trinajstić information content (AvgIpc) is 2.51. The molecular weight excluding hydrogens is 156 g/mol. The normalized spacial score (nSPS) is 25.4. The van der Waals surface area contributed by atoms with Crippen molar-refractivity contribution in [2.75, 3.05) is 27.2 Å². The number of nitrogens with zero attached hydrogens (tertiary/aromatic N) is 3. The fraction of sp³-hybridized carbons (Fsp3) is 0.857. The molecule has 0 spiro atoms. The maximum atomic E-state index is 8.43. The topological polar surface area (TPSA) is 65.1 Å². The molecule has 3 N–H and O–H groups in total. The summed E-state index contributed by atoms with van der Waals surface area (Å²) in [6.45, 7) is 1.72. The second kappa shape index (κ2) is 3.62. The van der Waals surface area contributed by atoms with E-state index in [0.29, 0.717) is 6.04 Å². The minimum Gasteiger partial charge on any atom is -0.408 e. The Morgan fingerprint density at radius 3 is 2.75 bits per heavy atom. The van der Waals surface area contributed by atoms with Gasteiger partial charge in [-0.1, -0.05) is 5.16 Å². The van der Waals surface area contributed by atoms with E-state index in [1.54, 1.807) is 0 Å². The molecule has 1 aliphatic rings. The van der Waals surface area contributed by atoms with Crippen molar-refractivity contribution in [1.29, 1.82) is 0 Å². The first-order valence-corrected chi connectivity index (χ1v) is 4.04. The molecule has 1 saturated heterocycles. The molecule has 1 heterocycles. The van der Waals surface area contributed by atoms with Crippen molar-refractivity contribution >= 4 is 5.96 Å². The molecule has 0 saturated carbocycles. The fourth-order valence-corrected chi connectivity index (χ4v) is 1.43. The van der Waals surface area contributed by atoms with E-state index in [4.69, 9.17) is 10.9 Å². The Bertz CT molecular complexity index is 180. The summed E-state index contributed by atoms with van der Waals surface area (Å²) in [5.74, 6) is 0.222. The van der Waals surface area contributed by atoms with Crippen LogP contribution in [-0.2, 0) is 0 Å². The maximum absolute atomic E-state index is 8.43. The van der Waals surface area contributed by atoms with Crippen LogP contribution in [0.5, 0.6) is 0 Å². The third kappa shape index (κ3) is 1.79. The van der Waals surface area contributed by atoms with E-state index in [1.165, 1.54) is 0 Å². The van der Waals surface area contributed by atoms with Crippen LogP contribution in [0.15, 0.2) is 5.16 Å². The molecule has 0 bridgehead atoms. The Morgan fingerprint density at radius 1 is 1.67 bits per heavy atom. The van der Waals surface area contributed by atoms with Gasteiger partial charge in [-0.2, -0.15) is 0 Å². The second-order valence-corrected chi connectivity index (χ2v) is 3.31. The van der Waals surface area contributed by atoms with Crippen LogP contribution in [0, 0.1) is 0 Å². The molecule has 5 heteroatoms. The SMILES string of the molecule is CN(C)C1CCN(C(N)=NO)C1. The van der Waals surface area contributed by atoms with Crippen LogP contribution in [0.4, 0.5) is 0 Å². The van der Waals surface area contributed by atoms with Crippen LogP contribution in [0.2, 0.25) is 0 Å². The zero-order valence-electron chi connectivity index (χ0n) is 7.56. The molecule has 0 aromatic rings. The first-order valence-electron chi connectivity index (χ1n) is 4.04. The monoisotopic (exact) mass is 172 g/mol. The molecule has 0 aromatic carbocycles. The summed E-state index contributed by atoms with van der Waals surface area (Å²) in [6, 6.07) is 0.519. The summed E-state index contributed by atoms with van der Waals surface area (Å²) < 4.78 is 0. The Morgan fingerprint density at radius 2 is 2.33 bits per heavy atom. The van der Waals surface area contributed by atoms with E-state index in [1.807, 2.05) is 19.0 Å². The Balaban J connectivity index is 2.46. The zero-order chi connectivity index (χ0) is 9.14. The lowest BCUT2D eigenvalue weighted by molar-refractivity contribution is 0.287. The van der Waals surface area contributed by atoms with Gasteiger partial charge in [-0.3, -0.25) is 0 Å². The molecule has 1 aliphatic heterocycles. The predicted molar refractivity (Wildman–Crippen MR) is 47.1 cm³/mol. The number of hydrogen-bond acceptors (Lipinski definition) is 3. The molecule has 12 heavy (non-hydrogen) atoms. The van der Waals surface area contributed by atoms with Gasteiger partial charge in [0.05, 0.1) is 0 Å². The van der Waals surface area contributed by atoms with E-state index in [0.717, 1.165) is 19.5 Å². The zero-order valence-corrected chi connectivity index (χ0v) is 7.56. The third-order valence-corrected chi connectivity index (χ3v) is 2.32. The predicted octanol–water partition coefficient (Wildman–Crippen LogP) is -0.674. The van der Waals surface area contributed by atoms with E-state index in [2.05, 4.69) is 10.1 Å². The van der Waals surface area contributed by atoms with Gasteiger partial charge in [0.2, 0.25) is 5.96 Å². The van der Waals surface area contributed by atoms with Crippen molar-refractivity contribution in [3.8, 4) is 0 Å². The number of hydrogen-bond donors (Lipinski definition) is 2. The number of oxime groups is 1. The summed E-state index contributed by atoms with van der Waals surface area (Å²) >= 11 is 0. The lowest BCUT2D eigenvalue weighted by atomic mass is 10.2. The first kappa shape index (κ1) is 9.12. The highest BCUT2D eigenvalue weighted by molar-refractivity contribution is 5.77. The van der Waals surface area contributed by atoms with Gasteiger partial charge in [0, 0.05) is 19.1 Å². The molecule has 1 rings (SSSR count). The lowest BCUT2D eigenvalue weighted by Crippen LogP contribution is -2.38. The highest BCUT2D eigenvalue weighted by atomic mass is 16.4. The van der Waals surface area contributed by atoms with E-state index < -0.39 is 0 Å². The largest absolute Gasteiger partial charge is 0.408 e. The van der Waals surface area contributed by atoms with Gasteiger partial charge in [0.25, 0.3) is 0 Å². The average molecular weight is 172 g/mol. The second-order valence-electron chi connectivity index (χ2n) is 3.31. The summed E-state index contributed by atoms with van der Waals surface area (Å²) in [6.07, 6.45) is 1.07. The smallest absolute Gasteiger partial charge is 0.233 e. The molecular formula is C7H16N4O. The number of likely N-dealkylation sites (N-methyl/N-ethyl adjacent to an activating group) is 1. The van der Waals surface area contributed by atoms with Crippen molar-refractivity contribution in [2.24, 2.45) is 10.9 Å². The van der Waals surface area contributed by atoms with Gasteiger partial charge in [0.1, 0.15) is 0 Å². The fourth-order valence-electron chi connectivity index (χ4n) is 1.43. The van der Waals surface area contributed by atoms with Crippen molar-refractivity contribution in [3.05, 3.63) is 0 Å². The van der Waals surface area contributed by atoms with E-state index >= 15 is 0 Å². The standard InChI is InChI=1S/C7H16N4O/c1-10(2)6-3-4-11(5-6)7(8)9-12/h6,12H,3-5H2,1-2H3,(H2,8,9). The number of guanidine groups is 1. The van der Waals surface area contributed by atoms with Crippen molar-refractivity contribution in [3.63, 3.8) is 0 Å². The quantitative estimate of drug-likeness (QED) is 0.238. The van der Waals surface area contributed by atoms with Crippen LogP contribution in [0.25, 0.3) is 0 Å². The summed E-state index contributed by atoms with van der Waals surface area (Å²) in [5.41, 5.74) is 5.45. The van der Waals surface area contributed by atoms with Gasteiger partial charge >= 0.3 is 0 Å². The van der Waals surface area contributed by atoms with E-state index in [-0.39, 0.29) is 5.96 Å². The molecule has 5 nitrogen and oxygen atoms in total. The maximum Gasteiger partial charge on any atom is 0.233 e. The summed E-state index contributed by atoms with van der Waals surface area (Å²) in [7, 11) is 4.08. The molecule has 0 radical (unpaired) electrons. The highest BCUT2D eigenvalue weighted by Gasteiger charge is 2.25. The number of rotatable bonds is 1. The van der Waals surface area contributed by atoms with E-state index in [9.17, 15) is 0 Å². The lowest BCUT2D eigenvalue weighted by Gasteiger charge is -2.20.